The number of piperidine rings is 1. The van der Waals surface area contributed by atoms with Crippen molar-refractivity contribution in [2.24, 2.45) is 11.3 Å². The van der Waals surface area contributed by atoms with E-state index in [0.29, 0.717) is 43.2 Å². The molecule has 2 aliphatic rings. The summed E-state index contributed by atoms with van der Waals surface area (Å²) in [6.45, 7) is 5.12. The second-order valence-electron chi connectivity index (χ2n) is 10.2. The summed E-state index contributed by atoms with van der Waals surface area (Å²) in [6.07, 6.45) is 13.0. The minimum Gasteiger partial charge on any atom is -0.387 e. The molecule has 1 aliphatic heterocycles. The summed E-state index contributed by atoms with van der Waals surface area (Å²) in [6, 6.07) is 1.78. The van der Waals surface area contributed by atoms with Crippen LogP contribution in [0.15, 0.2) is 29.5 Å². The number of likely N-dealkylation sites (tertiary alicyclic amines) is 1. The SMILES string of the molecule is CC1(C)CN(C(=O)CCC2CCCCC2)CCC1(O)Cn1cc(-c2ccn[nH]2)ncc1=O. The van der Waals surface area contributed by atoms with Crippen LogP contribution in [-0.4, -0.2) is 54.4 Å². The lowest BCUT2D eigenvalue weighted by Crippen LogP contribution is -2.60. The van der Waals surface area contributed by atoms with Gasteiger partial charge in [0.1, 0.15) is 5.69 Å². The van der Waals surface area contributed by atoms with E-state index in [-0.39, 0.29) is 18.0 Å². The third-order valence-corrected chi connectivity index (χ3v) is 7.57. The summed E-state index contributed by atoms with van der Waals surface area (Å²) >= 11 is 0. The third-order valence-electron chi connectivity index (χ3n) is 7.57. The quantitative estimate of drug-likeness (QED) is 0.717. The molecule has 8 nitrogen and oxygen atoms in total. The van der Waals surface area contributed by atoms with E-state index in [1.807, 2.05) is 18.7 Å². The second kappa shape index (κ2) is 9.17. The molecule has 0 bridgehead atoms. The maximum Gasteiger partial charge on any atom is 0.269 e. The van der Waals surface area contributed by atoms with Crippen molar-refractivity contribution in [2.75, 3.05) is 13.1 Å². The number of carbonyl (C=O) groups is 1. The predicted octanol–water partition coefficient (Wildman–Crippen LogP) is 2.98. The standard InChI is InChI=1S/C24H35N5O3/c1-23(2)16-28(21(30)9-8-18-6-4-3-5-7-18)13-11-24(23,32)17-29-15-20(25-14-22(29)31)19-10-12-26-27-19/h10,12,14-15,18,32H,3-9,11,13,16-17H2,1-2H3,(H,26,27). The summed E-state index contributed by atoms with van der Waals surface area (Å²) in [5.74, 6) is 0.873. The first-order valence-corrected chi connectivity index (χ1v) is 11.8. The number of nitrogens with one attached hydrogen (secondary N) is 1. The van der Waals surface area contributed by atoms with Gasteiger partial charge in [-0.3, -0.25) is 14.7 Å². The Morgan fingerprint density at radius 1 is 1.28 bits per heavy atom. The minimum absolute atomic E-state index is 0.159. The van der Waals surface area contributed by atoms with Gasteiger partial charge in [-0.05, 0) is 24.8 Å². The largest absolute Gasteiger partial charge is 0.387 e. The van der Waals surface area contributed by atoms with Crippen LogP contribution in [0.4, 0.5) is 0 Å². The zero-order valence-corrected chi connectivity index (χ0v) is 19.2. The highest BCUT2D eigenvalue weighted by Gasteiger charge is 2.48. The average Bonchev–Trinajstić information content (AvgIpc) is 3.31. The molecule has 4 rings (SSSR count). The molecule has 3 heterocycles. The number of aromatic amines is 1. The molecular weight excluding hydrogens is 406 g/mol. The number of nitrogens with zero attached hydrogens (tertiary/aromatic N) is 4. The smallest absolute Gasteiger partial charge is 0.269 e. The lowest BCUT2D eigenvalue weighted by atomic mass is 9.69. The van der Waals surface area contributed by atoms with E-state index in [2.05, 4.69) is 15.2 Å². The van der Waals surface area contributed by atoms with Crippen LogP contribution >= 0.6 is 0 Å². The van der Waals surface area contributed by atoms with Crippen LogP contribution < -0.4 is 5.56 Å². The first kappa shape index (κ1) is 22.7. The molecule has 1 aliphatic carbocycles. The fourth-order valence-electron chi connectivity index (χ4n) is 5.22. The number of hydrogen-bond donors (Lipinski definition) is 2. The van der Waals surface area contributed by atoms with Gasteiger partial charge in [0.25, 0.3) is 5.56 Å². The van der Waals surface area contributed by atoms with E-state index in [9.17, 15) is 14.7 Å². The molecule has 8 heteroatoms. The van der Waals surface area contributed by atoms with Crippen LogP contribution in [-0.2, 0) is 11.3 Å². The summed E-state index contributed by atoms with van der Waals surface area (Å²) in [7, 11) is 0. The van der Waals surface area contributed by atoms with Crippen LogP contribution in [0, 0.1) is 11.3 Å². The van der Waals surface area contributed by atoms with Crippen LogP contribution in [0.2, 0.25) is 0 Å². The molecular formula is C24H35N5O3. The highest BCUT2D eigenvalue weighted by molar-refractivity contribution is 5.76. The molecule has 2 N–H and O–H groups in total. The fraction of sp³-hybridized carbons (Fsp3) is 0.667. The van der Waals surface area contributed by atoms with E-state index in [0.717, 1.165) is 6.42 Å². The lowest BCUT2D eigenvalue weighted by Gasteiger charge is -2.50. The normalized spacial score (nSPS) is 23.9. The Kier molecular flexibility index (Phi) is 6.51. The van der Waals surface area contributed by atoms with Crippen molar-refractivity contribution in [3.63, 3.8) is 0 Å². The molecule has 2 aromatic rings. The average molecular weight is 442 g/mol. The predicted molar refractivity (Wildman–Crippen MR) is 122 cm³/mol. The minimum atomic E-state index is -1.11. The molecule has 1 saturated carbocycles. The summed E-state index contributed by atoms with van der Waals surface area (Å²) in [5.41, 5.74) is -0.614. The van der Waals surface area contributed by atoms with Crippen LogP contribution in [0.1, 0.15) is 65.2 Å². The van der Waals surface area contributed by atoms with Gasteiger partial charge >= 0.3 is 0 Å². The Balaban J connectivity index is 1.42. The van der Waals surface area contributed by atoms with Crippen molar-refractivity contribution in [3.8, 4) is 11.4 Å². The molecule has 2 fully saturated rings. The Labute approximate surface area is 189 Å². The van der Waals surface area contributed by atoms with Crippen molar-refractivity contribution in [2.45, 2.75) is 77.4 Å². The molecule has 0 radical (unpaired) electrons. The molecule has 32 heavy (non-hydrogen) atoms. The zero-order valence-electron chi connectivity index (χ0n) is 19.2. The van der Waals surface area contributed by atoms with Gasteiger partial charge in [-0.2, -0.15) is 5.10 Å². The number of aromatic nitrogens is 4. The highest BCUT2D eigenvalue weighted by Crippen LogP contribution is 2.40. The van der Waals surface area contributed by atoms with Gasteiger partial charge in [-0.1, -0.05) is 46.0 Å². The Morgan fingerprint density at radius 2 is 2.06 bits per heavy atom. The van der Waals surface area contributed by atoms with Gasteiger partial charge < -0.3 is 14.6 Å². The van der Waals surface area contributed by atoms with Gasteiger partial charge in [0.05, 0.1) is 24.0 Å². The number of amides is 1. The molecule has 2 aromatic heterocycles. The van der Waals surface area contributed by atoms with Gasteiger partial charge in [-0.25, -0.2) is 4.98 Å². The van der Waals surface area contributed by atoms with Gasteiger partial charge in [0, 0.05) is 37.3 Å². The number of carbonyl (C=O) groups excluding carboxylic acids is 1. The van der Waals surface area contributed by atoms with E-state index in [4.69, 9.17) is 0 Å². The van der Waals surface area contributed by atoms with Crippen molar-refractivity contribution in [1.82, 2.24) is 24.6 Å². The van der Waals surface area contributed by atoms with Crippen LogP contribution in [0.5, 0.6) is 0 Å². The topological polar surface area (TPSA) is 104 Å². The highest BCUT2D eigenvalue weighted by atomic mass is 16.3. The zero-order chi connectivity index (χ0) is 22.8. The van der Waals surface area contributed by atoms with Crippen LogP contribution in [0.25, 0.3) is 11.4 Å². The second-order valence-corrected chi connectivity index (χ2v) is 10.2. The number of H-pyrrole nitrogens is 1. The first-order valence-electron chi connectivity index (χ1n) is 11.8. The Hall–Kier alpha value is -2.48. The van der Waals surface area contributed by atoms with E-state index in [1.54, 1.807) is 18.5 Å². The summed E-state index contributed by atoms with van der Waals surface area (Å²) < 4.78 is 1.52. The molecule has 1 saturated heterocycles. The molecule has 1 unspecified atom stereocenters. The first-order chi connectivity index (χ1) is 15.3. The molecule has 1 atom stereocenters. The molecule has 0 aromatic carbocycles. The van der Waals surface area contributed by atoms with Crippen molar-refractivity contribution < 1.29 is 9.90 Å². The maximum absolute atomic E-state index is 12.9. The summed E-state index contributed by atoms with van der Waals surface area (Å²) in [5, 5.41) is 18.4. The Bertz CT molecular complexity index is 978. The van der Waals surface area contributed by atoms with Crippen molar-refractivity contribution in [3.05, 3.63) is 35.0 Å². The van der Waals surface area contributed by atoms with Crippen molar-refractivity contribution in [1.29, 1.82) is 0 Å². The van der Waals surface area contributed by atoms with Gasteiger partial charge in [-0.15, -0.1) is 0 Å². The lowest BCUT2D eigenvalue weighted by molar-refractivity contribution is -0.154. The number of aliphatic hydroxyl groups is 1. The number of hydrogen-bond acceptors (Lipinski definition) is 5. The van der Waals surface area contributed by atoms with E-state index < -0.39 is 11.0 Å². The Morgan fingerprint density at radius 3 is 2.75 bits per heavy atom. The summed E-state index contributed by atoms with van der Waals surface area (Å²) in [4.78, 5) is 31.5. The van der Waals surface area contributed by atoms with E-state index in [1.165, 1.54) is 42.9 Å². The third kappa shape index (κ3) is 4.80. The van der Waals surface area contributed by atoms with Gasteiger partial charge in [0.15, 0.2) is 0 Å². The monoisotopic (exact) mass is 441 g/mol. The van der Waals surface area contributed by atoms with Crippen molar-refractivity contribution >= 4 is 5.91 Å². The fourth-order valence-corrected chi connectivity index (χ4v) is 5.22. The van der Waals surface area contributed by atoms with Crippen LogP contribution in [0.3, 0.4) is 0 Å². The molecule has 174 valence electrons. The maximum atomic E-state index is 12.9. The molecule has 1 amide bonds. The molecule has 0 spiro atoms. The van der Waals surface area contributed by atoms with Gasteiger partial charge in [0.2, 0.25) is 5.91 Å². The number of rotatable bonds is 6. The van der Waals surface area contributed by atoms with E-state index >= 15 is 0 Å².